The molecule has 0 fully saturated rings. The summed E-state index contributed by atoms with van der Waals surface area (Å²) in [4.78, 5) is 17.9. The third-order valence-corrected chi connectivity index (χ3v) is 6.51. The van der Waals surface area contributed by atoms with E-state index in [0.717, 1.165) is 22.7 Å². The smallest absolute Gasteiger partial charge is 0.280 e. The van der Waals surface area contributed by atoms with Crippen molar-refractivity contribution in [3.8, 4) is 0 Å². The van der Waals surface area contributed by atoms with Gasteiger partial charge in [0, 0.05) is 24.5 Å². The predicted octanol–water partition coefficient (Wildman–Crippen LogP) is 3.91. The van der Waals surface area contributed by atoms with Crippen LogP contribution in [0.2, 0.25) is 0 Å². The van der Waals surface area contributed by atoms with Crippen molar-refractivity contribution in [2.24, 2.45) is 0 Å². The van der Waals surface area contributed by atoms with E-state index >= 15 is 0 Å². The number of rotatable bonds is 5. The number of carbonyl (C=O) groups is 1. The Morgan fingerprint density at radius 3 is 2.29 bits per heavy atom. The summed E-state index contributed by atoms with van der Waals surface area (Å²) >= 11 is 1.41. The first kappa shape index (κ1) is 24.3. The highest BCUT2D eigenvalue weighted by atomic mass is 32.2. The molecule has 2 heterocycles. The SMILES string of the molecule is CC.CCC.CCS(=O)(=O)c1ccc(CNC(=O)c2nc3c(s2)CNC3)cc1. The van der Waals surface area contributed by atoms with Crippen molar-refractivity contribution in [3.05, 3.63) is 45.4 Å². The number of sulfone groups is 1. The van der Waals surface area contributed by atoms with Gasteiger partial charge in [-0.3, -0.25) is 4.79 Å². The van der Waals surface area contributed by atoms with Gasteiger partial charge in [-0.25, -0.2) is 13.4 Å². The number of carbonyl (C=O) groups excluding carboxylic acids is 1. The fourth-order valence-corrected chi connectivity index (χ4v) is 4.14. The molecule has 0 unspecified atom stereocenters. The number of fused-ring (bicyclic) bond motifs is 1. The van der Waals surface area contributed by atoms with Crippen LogP contribution in [0.5, 0.6) is 0 Å². The van der Waals surface area contributed by atoms with Gasteiger partial charge in [0.25, 0.3) is 5.91 Å². The van der Waals surface area contributed by atoms with Crippen molar-refractivity contribution in [1.29, 1.82) is 0 Å². The van der Waals surface area contributed by atoms with Crippen molar-refractivity contribution >= 4 is 27.1 Å². The zero-order chi connectivity index (χ0) is 21.2. The molecular formula is C20H31N3O3S2. The highest BCUT2D eigenvalue weighted by molar-refractivity contribution is 7.91. The average Bonchev–Trinajstić information content (AvgIpc) is 3.31. The highest BCUT2D eigenvalue weighted by Crippen LogP contribution is 2.22. The Kier molecular flexibility index (Phi) is 10.3. The molecule has 0 atom stereocenters. The predicted molar refractivity (Wildman–Crippen MR) is 115 cm³/mol. The average molecular weight is 426 g/mol. The molecule has 0 aliphatic carbocycles. The third-order valence-electron chi connectivity index (χ3n) is 3.67. The largest absolute Gasteiger partial charge is 0.346 e. The van der Waals surface area contributed by atoms with Gasteiger partial charge in [0.15, 0.2) is 14.8 Å². The Hall–Kier alpha value is -1.77. The minimum atomic E-state index is -3.19. The summed E-state index contributed by atoms with van der Waals surface area (Å²) in [5.74, 6) is -0.123. The molecule has 0 saturated heterocycles. The van der Waals surface area contributed by atoms with Gasteiger partial charge in [0.1, 0.15) is 0 Å². The third kappa shape index (κ3) is 6.68. The number of hydrogen-bond acceptors (Lipinski definition) is 6. The number of aromatic nitrogens is 1. The van der Waals surface area contributed by atoms with Crippen LogP contribution in [0.4, 0.5) is 0 Å². The molecule has 1 aliphatic heterocycles. The first-order valence-corrected chi connectivity index (χ1v) is 12.2. The second-order valence-electron chi connectivity index (χ2n) is 5.93. The Bertz CT molecular complexity index is 823. The molecule has 3 rings (SSSR count). The van der Waals surface area contributed by atoms with E-state index in [2.05, 4.69) is 29.5 Å². The molecule has 28 heavy (non-hydrogen) atoms. The van der Waals surface area contributed by atoms with Gasteiger partial charge in [-0.05, 0) is 17.7 Å². The molecule has 0 saturated carbocycles. The Balaban J connectivity index is 0.000000717. The van der Waals surface area contributed by atoms with Gasteiger partial charge in [0.2, 0.25) is 0 Å². The maximum Gasteiger partial charge on any atom is 0.280 e. The lowest BCUT2D eigenvalue weighted by Gasteiger charge is -2.05. The van der Waals surface area contributed by atoms with Crippen LogP contribution in [-0.4, -0.2) is 25.1 Å². The van der Waals surface area contributed by atoms with Gasteiger partial charge in [0.05, 0.1) is 16.3 Å². The van der Waals surface area contributed by atoms with Crippen LogP contribution in [0.25, 0.3) is 0 Å². The standard InChI is InChI=1S/C15H17N3O3S2.C3H8.C2H6/c1-2-23(20,21)11-5-3-10(4-6-11)7-17-14(19)15-18-12-8-16-9-13(12)22-15;1-3-2;1-2/h3-6,16H,2,7-9H2,1H3,(H,17,19);3H2,1-2H3;1-2H3. The molecule has 1 amide bonds. The van der Waals surface area contributed by atoms with Crippen molar-refractivity contribution in [3.63, 3.8) is 0 Å². The van der Waals surface area contributed by atoms with Crippen LogP contribution < -0.4 is 10.6 Å². The maximum absolute atomic E-state index is 12.1. The minimum Gasteiger partial charge on any atom is -0.346 e. The maximum atomic E-state index is 12.1. The lowest BCUT2D eigenvalue weighted by Crippen LogP contribution is -2.22. The van der Waals surface area contributed by atoms with E-state index in [1.807, 2.05) is 13.8 Å². The monoisotopic (exact) mass is 425 g/mol. The number of nitrogens with one attached hydrogen (secondary N) is 2. The molecule has 0 bridgehead atoms. The molecule has 0 radical (unpaired) electrons. The van der Waals surface area contributed by atoms with E-state index in [0.29, 0.717) is 23.0 Å². The molecule has 8 heteroatoms. The summed E-state index contributed by atoms with van der Waals surface area (Å²) in [6.45, 7) is 11.7. The van der Waals surface area contributed by atoms with Gasteiger partial charge in [-0.1, -0.05) is 53.2 Å². The van der Waals surface area contributed by atoms with Crippen LogP contribution in [0.3, 0.4) is 0 Å². The molecule has 1 aromatic heterocycles. The first-order valence-electron chi connectivity index (χ1n) is 9.70. The fourth-order valence-electron chi connectivity index (χ4n) is 2.29. The van der Waals surface area contributed by atoms with Crippen LogP contribution >= 0.6 is 11.3 Å². The van der Waals surface area contributed by atoms with E-state index in [-0.39, 0.29) is 11.7 Å². The molecule has 1 aromatic carbocycles. The lowest BCUT2D eigenvalue weighted by molar-refractivity contribution is 0.0950. The summed E-state index contributed by atoms with van der Waals surface area (Å²) in [6, 6.07) is 6.58. The van der Waals surface area contributed by atoms with Crippen molar-refractivity contribution < 1.29 is 13.2 Å². The van der Waals surface area contributed by atoms with Gasteiger partial charge in [-0.15, -0.1) is 11.3 Å². The second kappa shape index (κ2) is 11.9. The van der Waals surface area contributed by atoms with Crippen molar-refractivity contribution in [2.45, 2.75) is 65.6 Å². The van der Waals surface area contributed by atoms with Crippen LogP contribution in [0.15, 0.2) is 29.2 Å². The van der Waals surface area contributed by atoms with Crippen LogP contribution in [0.1, 0.15) is 67.0 Å². The molecule has 6 nitrogen and oxygen atoms in total. The quantitative estimate of drug-likeness (QED) is 0.758. The summed E-state index contributed by atoms with van der Waals surface area (Å²) in [6.07, 6.45) is 1.25. The summed E-state index contributed by atoms with van der Waals surface area (Å²) in [7, 11) is -3.19. The van der Waals surface area contributed by atoms with Gasteiger partial charge in [-0.2, -0.15) is 0 Å². The van der Waals surface area contributed by atoms with Gasteiger partial charge < -0.3 is 10.6 Å². The number of hydrogen-bond donors (Lipinski definition) is 2. The summed E-state index contributed by atoms with van der Waals surface area (Å²) in [5, 5.41) is 6.47. The van der Waals surface area contributed by atoms with E-state index < -0.39 is 9.84 Å². The summed E-state index contributed by atoms with van der Waals surface area (Å²) in [5.41, 5.74) is 1.80. The molecular weight excluding hydrogens is 394 g/mol. The molecule has 2 aromatic rings. The van der Waals surface area contributed by atoms with E-state index in [9.17, 15) is 13.2 Å². The van der Waals surface area contributed by atoms with E-state index in [4.69, 9.17) is 0 Å². The molecule has 2 N–H and O–H groups in total. The number of amides is 1. The van der Waals surface area contributed by atoms with Crippen molar-refractivity contribution in [2.75, 3.05) is 5.75 Å². The van der Waals surface area contributed by atoms with Crippen molar-refractivity contribution in [1.82, 2.24) is 15.6 Å². The Morgan fingerprint density at radius 1 is 1.14 bits per heavy atom. The summed E-state index contributed by atoms with van der Waals surface area (Å²) < 4.78 is 23.5. The first-order chi connectivity index (χ1) is 13.4. The van der Waals surface area contributed by atoms with Crippen LogP contribution in [-0.2, 0) is 29.5 Å². The minimum absolute atomic E-state index is 0.0760. The van der Waals surface area contributed by atoms with Gasteiger partial charge >= 0.3 is 0 Å². The molecule has 0 spiro atoms. The van der Waals surface area contributed by atoms with E-state index in [1.54, 1.807) is 31.2 Å². The van der Waals surface area contributed by atoms with Crippen LogP contribution in [0, 0.1) is 0 Å². The normalized spacial score (nSPS) is 12.2. The van der Waals surface area contributed by atoms with E-state index in [1.165, 1.54) is 17.8 Å². The second-order valence-corrected chi connectivity index (χ2v) is 9.29. The zero-order valence-electron chi connectivity index (χ0n) is 17.3. The molecule has 1 aliphatic rings. The molecule has 156 valence electrons. The topological polar surface area (TPSA) is 88.2 Å². The lowest BCUT2D eigenvalue weighted by atomic mass is 10.2. The number of thiazole rings is 1. The Morgan fingerprint density at radius 2 is 1.75 bits per heavy atom. The number of nitrogens with zero attached hydrogens (tertiary/aromatic N) is 1. The zero-order valence-corrected chi connectivity index (χ0v) is 19.0. The Labute approximate surface area is 172 Å². The number of benzene rings is 1. The fraction of sp³-hybridized carbons (Fsp3) is 0.500. The highest BCUT2D eigenvalue weighted by Gasteiger charge is 2.19.